The lowest BCUT2D eigenvalue weighted by Gasteiger charge is -2.20. The van der Waals surface area contributed by atoms with Crippen LogP contribution in [0.2, 0.25) is 0 Å². The molecule has 0 unspecified atom stereocenters. The molecule has 1 aromatic carbocycles. The number of benzene rings is 1. The molecule has 1 aromatic rings. The van der Waals surface area contributed by atoms with Gasteiger partial charge in [0.1, 0.15) is 23.9 Å². The van der Waals surface area contributed by atoms with Crippen molar-refractivity contribution < 1.29 is 14.6 Å². The third kappa shape index (κ3) is 3.99. The molecule has 0 spiro atoms. The Morgan fingerprint density at radius 3 is 2.86 bits per heavy atom. The van der Waals surface area contributed by atoms with E-state index in [1.165, 1.54) is 0 Å². The van der Waals surface area contributed by atoms with Gasteiger partial charge in [0.05, 0.1) is 6.07 Å². The average molecular weight is 302 g/mol. The van der Waals surface area contributed by atoms with Crippen LogP contribution in [-0.2, 0) is 4.79 Å². The number of hydrogen-bond donors (Lipinski definition) is 2. The molecule has 0 heterocycles. The lowest BCUT2D eigenvalue weighted by Crippen LogP contribution is -2.43. The minimum Gasteiger partial charge on any atom is -0.491 e. The highest BCUT2D eigenvalue weighted by molar-refractivity contribution is 5.85. The molecule has 2 N–H and O–H groups in total. The molecular weight excluding hydrogens is 280 g/mol. The summed E-state index contributed by atoms with van der Waals surface area (Å²) in [6.45, 7) is 2.16. The van der Waals surface area contributed by atoms with Gasteiger partial charge in [-0.25, -0.2) is 0 Å². The maximum atomic E-state index is 12.1. The number of nitrogens with one attached hydrogen (secondary N) is 1. The van der Waals surface area contributed by atoms with E-state index in [-0.39, 0.29) is 19.1 Å². The van der Waals surface area contributed by atoms with Crippen molar-refractivity contribution in [2.45, 2.75) is 38.7 Å². The standard InChI is InChI=1S/C17H22N2O3/c1-13-5-4-6-15(9-13)22-11-14(20)10-19-16(21)17(12-18)7-2-3-8-17/h4-6,9,14,20H,2-3,7-8,10-11H2,1H3,(H,19,21)/t14-/m0/s1. The summed E-state index contributed by atoms with van der Waals surface area (Å²) in [6, 6.07) is 9.69. The molecule has 0 aliphatic heterocycles. The minimum atomic E-state index is -0.906. The summed E-state index contributed by atoms with van der Waals surface area (Å²) in [5.41, 5.74) is 0.175. The number of hydrogen-bond acceptors (Lipinski definition) is 4. The highest BCUT2D eigenvalue weighted by Gasteiger charge is 2.41. The number of carbonyl (C=O) groups is 1. The first-order chi connectivity index (χ1) is 10.6. The zero-order chi connectivity index (χ0) is 16.0. The fraction of sp³-hybridized carbons (Fsp3) is 0.529. The van der Waals surface area contributed by atoms with Crippen LogP contribution in [0.4, 0.5) is 0 Å². The molecule has 1 saturated carbocycles. The van der Waals surface area contributed by atoms with Crippen LogP contribution in [0.3, 0.4) is 0 Å². The van der Waals surface area contributed by atoms with E-state index >= 15 is 0 Å². The van der Waals surface area contributed by atoms with Gasteiger partial charge in [-0.15, -0.1) is 0 Å². The van der Waals surface area contributed by atoms with Crippen LogP contribution in [0.25, 0.3) is 0 Å². The van der Waals surface area contributed by atoms with Crippen LogP contribution < -0.4 is 10.1 Å². The zero-order valence-electron chi connectivity index (χ0n) is 12.8. The highest BCUT2D eigenvalue weighted by Crippen LogP contribution is 2.37. The van der Waals surface area contributed by atoms with E-state index < -0.39 is 11.5 Å². The average Bonchev–Trinajstić information content (AvgIpc) is 3.01. The number of amides is 1. The molecule has 1 amide bonds. The van der Waals surface area contributed by atoms with E-state index in [0.29, 0.717) is 18.6 Å². The van der Waals surface area contributed by atoms with E-state index in [4.69, 9.17) is 4.74 Å². The van der Waals surface area contributed by atoms with Gasteiger partial charge in [0, 0.05) is 6.54 Å². The summed E-state index contributed by atoms with van der Waals surface area (Å²) in [6.07, 6.45) is 2.21. The second-order valence-electron chi connectivity index (χ2n) is 5.89. The van der Waals surface area contributed by atoms with Gasteiger partial charge < -0.3 is 15.2 Å². The maximum Gasteiger partial charge on any atom is 0.240 e. The lowest BCUT2D eigenvalue weighted by molar-refractivity contribution is -0.128. The first kappa shape index (κ1) is 16.3. The predicted octanol–water partition coefficient (Wildman–Crippen LogP) is 1.93. The normalized spacial score (nSPS) is 17.5. The Kier molecular flexibility index (Phi) is 5.40. The monoisotopic (exact) mass is 302 g/mol. The van der Waals surface area contributed by atoms with Crippen molar-refractivity contribution >= 4 is 5.91 Å². The minimum absolute atomic E-state index is 0.0913. The molecule has 22 heavy (non-hydrogen) atoms. The quantitative estimate of drug-likeness (QED) is 0.841. The van der Waals surface area contributed by atoms with Crippen LogP contribution in [0, 0.1) is 23.7 Å². The predicted molar refractivity (Wildman–Crippen MR) is 82.2 cm³/mol. The van der Waals surface area contributed by atoms with E-state index in [2.05, 4.69) is 11.4 Å². The summed E-state index contributed by atoms with van der Waals surface area (Å²) < 4.78 is 5.49. The summed E-state index contributed by atoms with van der Waals surface area (Å²) >= 11 is 0. The van der Waals surface area contributed by atoms with E-state index in [9.17, 15) is 15.2 Å². The molecule has 5 heteroatoms. The molecule has 5 nitrogen and oxygen atoms in total. The van der Waals surface area contributed by atoms with Crippen LogP contribution >= 0.6 is 0 Å². The molecule has 0 radical (unpaired) electrons. The first-order valence-corrected chi connectivity index (χ1v) is 7.63. The van der Waals surface area contributed by atoms with Crippen LogP contribution in [-0.4, -0.2) is 30.3 Å². The summed E-state index contributed by atoms with van der Waals surface area (Å²) in [5.74, 6) is 0.414. The Labute approximate surface area is 130 Å². The van der Waals surface area contributed by atoms with Crippen molar-refractivity contribution in [3.8, 4) is 11.8 Å². The van der Waals surface area contributed by atoms with Crippen molar-refractivity contribution in [1.82, 2.24) is 5.32 Å². The number of aryl methyl sites for hydroxylation is 1. The molecule has 1 atom stereocenters. The Morgan fingerprint density at radius 2 is 2.23 bits per heavy atom. The van der Waals surface area contributed by atoms with Crippen molar-refractivity contribution in [1.29, 1.82) is 5.26 Å². The Hall–Kier alpha value is -2.06. The Bertz CT molecular complexity index is 559. The van der Waals surface area contributed by atoms with Gasteiger partial charge in [-0.1, -0.05) is 25.0 Å². The van der Waals surface area contributed by atoms with Gasteiger partial charge in [0.2, 0.25) is 5.91 Å². The highest BCUT2D eigenvalue weighted by atomic mass is 16.5. The van der Waals surface area contributed by atoms with Crippen molar-refractivity contribution in [3.05, 3.63) is 29.8 Å². The second-order valence-corrected chi connectivity index (χ2v) is 5.89. The molecule has 1 aliphatic carbocycles. The maximum absolute atomic E-state index is 12.1. The fourth-order valence-electron chi connectivity index (χ4n) is 2.70. The molecule has 2 rings (SSSR count). The number of rotatable bonds is 6. The third-order valence-corrected chi connectivity index (χ3v) is 4.04. The van der Waals surface area contributed by atoms with Gasteiger partial charge in [-0.3, -0.25) is 4.79 Å². The molecule has 118 valence electrons. The summed E-state index contributed by atoms with van der Waals surface area (Å²) in [7, 11) is 0. The molecular formula is C17H22N2O3. The molecule has 0 saturated heterocycles. The smallest absolute Gasteiger partial charge is 0.240 e. The van der Waals surface area contributed by atoms with Crippen molar-refractivity contribution in [3.63, 3.8) is 0 Å². The zero-order valence-corrected chi connectivity index (χ0v) is 12.8. The lowest BCUT2D eigenvalue weighted by atomic mass is 9.87. The number of aliphatic hydroxyl groups is 1. The largest absolute Gasteiger partial charge is 0.491 e. The van der Waals surface area contributed by atoms with Gasteiger partial charge in [0.15, 0.2) is 0 Å². The Balaban J connectivity index is 1.77. The first-order valence-electron chi connectivity index (χ1n) is 7.63. The van der Waals surface area contributed by atoms with Gasteiger partial charge in [-0.05, 0) is 37.5 Å². The van der Waals surface area contributed by atoms with E-state index in [1.54, 1.807) is 0 Å². The number of aliphatic hydroxyl groups excluding tert-OH is 1. The Morgan fingerprint density at radius 1 is 1.50 bits per heavy atom. The molecule has 1 aliphatic rings. The molecule has 1 fully saturated rings. The van der Waals surface area contributed by atoms with Crippen LogP contribution in [0.1, 0.15) is 31.2 Å². The van der Waals surface area contributed by atoms with Crippen molar-refractivity contribution in [2.24, 2.45) is 5.41 Å². The second kappa shape index (κ2) is 7.28. The number of carbonyl (C=O) groups excluding carboxylic acids is 1. The number of ether oxygens (including phenoxy) is 1. The third-order valence-electron chi connectivity index (χ3n) is 4.04. The summed E-state index contributed by atoms with van der Waals surface area (Å²) in [4.78, 5) is 12.1. The number of nitrogens with zero attached hydrogens (tertiary/aromatic N) is 1. The van der Waals surface area contributed by atoms with Crippen LogP contribution in [0.15, 0.2) is 24.3 Å². The van der Waals surface area contributed by atoms with Gasteiger partial charge in [0.25, 0.3) is 0 Å². The molecule has 0 aromatic heterocycles. The van der Waals surface area contributed by atoms with Gasteiger partial charge in [-0.2, -0.15) is 5.26 Å². The van der Waals surface area contributed by atoms with E-state index in [1.807, 2.05) is 31.2 Å². The van der Waals surface area contributed by atoms with E-state index in [0.717, 1.165) is 18.4 Å². The number of nitriles is 1. The van der Waals surface area contributed by atoms with Crippen molar-refractivity contribution in [2.75, 3.05) is 13.2 Å². The topological polar surface area (TPSA) is 82.3 Å². The summed E-state index contributed by atoms with van der Waals surface area (Å²) in [5, 5.41) is 21.8. The SMILES string of the molecule is Cc1cccc(OC[C@@H](O)CNC(=O)C2(C#N)CCCC2)c1. The van der Waals surface area contributed by atoms with Gasteiger partial charge >= 0.3 is 0 Å². The van der Waals surface area contributed by atoms with Crippen LogP contribution in [0.5, 0.6) is 5.75 Å². The molecule has 0 bridgehead atoms. The fourth-order valence-corrected chi connectivity index (χ4v) is 2.70.